The lowest BCUT2D eigenvalue weighted by Crippen LogP contribution is -2.20. The van der Waals surface area contributed by atoms with Crippen LogP contribution in [0, 0.1) is 17.7 Å². The maximum absolute atomic E-state index is 13.5. The van der Waals surface area contributed by atoms with Crippen LogP contribution in [0.25, 0.3) is 0 Å². The maximum atomic E-state index is 13.5. The smallest absolute Gasteiger partial charge is 0.165 e. The van der Waals surface area contributed by atoms with E-state index >= 15 is 0 Å². The lowest BCUT2D eigenvalue weighted by atomic mass is 9.91. The van der Waals surface area contributed by atoms with Gasteiger partial charge in [0.1, 0.15) is 0 Å². The lowest BCUT2D eigenvalue weighted by molar-refractivity contribution is 0.382. The summed E-state index contributed by atoms with van der Waals surface area (Å²) in [7, 11) is 1.46. The second-order valence-electron chi connectivity index (χ2n) is 4.62. The standard InChI is InChI=1S/C13H18FNO/c1-8(9-3-4-9)13(15)10-5-6-12(16-2)11(14)7-10/h5-9,13H,3-4,15H2,1-2H3. The van der Waals surface area contributed by atoms with Crippen molar-refractivity contribution in [1.82, 2.24) is 0 Å². The molecule has 2 N–H and O–H groups in total. The van der Waals surface area contributed by atoms with E-state index in [0.29, 0.717) is 5.92 Å². The first-order chi connectivity index (χ1) is 7.63. The summed E-state index contributed by atoms with van der Waals surface area (Å²) >= 11 is 0. The highest BCUT2D eigenvalue weighted by molar-refractivity contribution is 5.31. The molecule has 1 aromatic rings. The van der Waals surface area contributed by atoms with Gasteiger partial charge in [-0.3, -0.25) is 0 Å². The maximum Gasteiger partial charge on any atom is 0.165 e. The zero-order valence-electron chi connectivity index (χ0n) is 9.74. The number of nitrogens with two attached hydrogens (primary N) is 1. The number of halogens is 1. The molecule has 1 aromatic carbocycles. The van der Waals surface area contributed by atoms with Crippen molar-refractivity contribution in [3.05, 3.63) is 29.6 Å². The normalized spacial score (nSPS) is 19.2. The molecule has 3 heteroatoms. The monoisotopic (exact) mass is 223 g/mol. The first-order valence-electron chi connectivity index (χ1n) is 5.72. The molecule has 0 aromatic heterocycles. The molecule has 1 aliphatic carbocycles. The highest BCUT2D eigenvalue weighted by Crippen LogP contribution is 2.42. The van der Waals surface area contributed by atoms with Crippen LogP contribution in [-0.4, -0.2) is 7.11 Å². The van der Waals surface area contributed by atoms with Crippen LogP contribution in [0.15, 0.2) is 18.2 Å². The molecule has 0 spiro atoms. The van der Waals surface area contributed by atoms with E-state index < -0.39 is 0 Å². The van der Waals surface area contributed by atoms with Gasteiger partial charge in [0.25, 0.3) is 0 Å². The van der Waals surface area contributed by atoms with E-state index in [1.54, 1.807) is 6.07 Å². The van der Waals surface area contributed by atoms with E-state index in [1.165, 1.54) is 26.0 Å². The lowest BCUT2D eigenvalue weighted by Gasteiger charge is -2.20. The third-order valence-corrected chi connectivity index (χ3v) is 3.49. The second-order valence-corrected chi connectivity index (χ2v) is 4.62. The van der Waals surface area contributed by atoms with E-state index in [0.717, 1.165) is 11.5 Å². The van der Waals surface area contributed by atoms with E-state index in [-0.39, 0.29) is 17.6 Å². The predicted octanol–water partition coefficient (Wildman–Crippen LogP) is 2.88. The van der Waals surface area contributed by atoms with Gasteiger partial charge in [0.15, 0.2) is 11.6 Å². The molecule has 2 unspecified atom stereocenters. The van der Waals surface area contributed by atoms with E-state index in [1.807, 2.05) is 6.07 Å². The molecule has 0 saturated heterocycles. The molecule has 0 bridgehead atoms. The molecule has 0 amide bonds. The summed E-state index contributed by atoms with van der Waals surface area (Å²) in [6.07, 6.45) is 2.51. The van der Waals surface area contributed by atoms with Crippen molar-refractivity contribution in [3.8, 4) is 5.75 Å². The van der Waals surface area contributed by atoms with Gasteiger partial charge in [0.05, 0.1) is 7.11 Å². The summed E-state index contributed by atoms with van der Waals surface area (Å²) in [6, 6.07) is 4.91. The summed E-state index contributed by atoms with van der Waals surface area (Å²) in [5.41, 5.74) is 6.99. The van der Waals surface area contributed by atoms with Crippen LogP contribution in [0.4, 0.5) is 4.39 Å². The van der Waals surface area contributed by atoms with Gasteiger partial charge >= 0.3 is 0 Å². The number of hydrogen-bond acceptors (Lipinski definition) is 2. The van der Waals surface area contributed by atoms with E-state index in [9.17, 15) is 4.39 Å². The Bertz CT molecular complexity index is 376. The van der Waals surface area contributed by atoms with Crippen LogP contribution < -0.4 is 10.5 Å². The summed E-state index contributed by atoms with van der Waals surface area (Å²) in [6.45, 7) is 2.14. The molecule has 16 heavy (non-hydrogen) atoms. The first-order valence-corrected chi connectivity index (χ1v) is 5.72. The van der Waals surface area contributed by atoms with Crippen LogP contribution in [0.5, 0.6) is 5.75 Å². The molecule has 0 radical (unpaired) electrons. The fourth-order valence-corrected chi connectivity index (χ4v) is 2.11. The number of hydrogen-bond donors (Lipinski definition) is 1. The van der Waals surface area contributed by atoms with Crippen molar-refractivity contribution in [1.29, 1.82) is 0 Å². The minimum atomic E-state index is -0.335. The molecule has 2 rings (SSSR count). The Kier molecular flexibility index (Phi) is 3.15. The van der Waals surface area contributed by atoms with Gasteiger partial charge in [-0.15, -0.1) is 0 Å². The van der Waals surface area contributed by atoms with Crippen molar-refractivity contribution in [2.24, 2.45) is 17.6 Å². The number of ether oxygens (including phenoxy) is 1. The van der Waals surface area contributed by atoms with Crippen molar-refractivity contribution >= 4 is 0 Å². The quantitative estimate of drug-likeness (QED) is 0.851. The number of benzene rings is 1. The Hall–Kier alpha value is -1.09. The van der Waals surface area contributed by atoms with E-state index in [2.05, 4.69) is 6.92 Å². The van der Waals surface area contributed by atoms with Crippen LogP contribution in [-0.2, 0) is 0 Å². The number of methoxy groups -OCH3 is 1. The molecule has 0 heterocycles. The zero-order valence-corrected chi connectivity index (χ0v) is 9.74. The van der Waals surface area contributed by atoms with Crippen LogP contribution in [0.1, 0.15) is 31.4 Å². The summed E-state index contributed by atoms with van der Waals surface area (Å²) in [4.78, 5) is 0. The summed E-state index contributed by atoms with van der Waals surface area (Å²) in [5, 5.41) is 0. The fourth-order valence-electron chi connectivity index (χ4n) is 2.11. The minimum absolute atomic E-state index is 0.0760. The number of rotatable bonds is 4. The van der Waals surface area contributed by atoms with Crippen LogP contribution in [0.3, 0.4) is 0 Å². The van der Waals surface area contributed by atoms with Gasteiger partial charge in [-0.25, -0.2) is 4.39 Å². The highest BCUT2D eigenvalue weighted by Gasteiger charge is 2.32. The van der Waals surface area contributed by atoms with Crippen molar-refractivity contribution in [2.45, 2.75) is 25.8 Å². The molecule has 0 aliphatic heterocycles. The topological polar surface area (TPSA) is 35.2 Å². The predicted molar refractivity (Wildman–Crippen MR) is 61.8 cm³/mol. The summed E-state index contributed by atoms with van der Waals surface area (Å²) in [5.74, 6) is 1.08. The fraction of sp³-hybridized carbons (Fsp3) is 0.538. The van der Waals surface area contributed by atoms with Gasteiger partial charge in [0, 0.05) is 6.04 Å². The third kappa shape index (κ3) is 2.19. The molecular weight excluding hydrogens is 205 g/mol. The first kappa shape index (κ1) is 11.4. The third-order valence-electron chi connectivity index (χ3n) is 3.49. The average molecular weight is 223 g/mol. The molecule has 1 fully saturated rings. The highest BCUT2D eigenvalue weighted by atomic mass is 19.1. The largest absolute Gasteiger partial charge is 0.494 e. The Balaban J connectivity index is 2.16. The SMILES string of the molecule is COc1ccc(C(N)C(C)C2CC2)cc1F. The molecular formula is C13H18FNO. The summed E-state index contributed by atoms with van der Waals surface area (Å²) < 4.78 is 18.4. The minimum Gasteiger partial charge on any atom is -0.494 e. The van der Waals surface area contributed by atoms with E-state index in [4.69, 9.17) is 10.5 Å². The molecule has 88 valence electrons. The van der Waals surface area contributed by atoms with Crippen molar-refractivity contribution in [2.75, 3.05) is 7.11 Å². The Morgan fingerprint density at radius 2 is 2.12 bits per heavy atom. The molecule has 1 saturated carbocycles. The second kappa shape index (κ2) is 4.42. The van der Waals surface area contributed by atoms with Crippen LogP contribution in [0.2, 0.25) is 0 Å². The molecule has 1 aliphatic rings. The van der Waals surface area contributed by atoms with Crippen molar-refractivity contribution in [3.63, 3.8) is 0 Å². The molecule has 2 nitrogen and oxygen atoms in total. The van der Waals surface area contributed by atoms with Crippen molar-refractivity contribution < 1.29 is 9.13 Å². The molecule has 2 atom stereocenters. The Labute approximate surface area is 95.6 Å². The Morgan fingerprint density at radius 1 is 1.44 bits per heavy atom. The Morgan fingerprint density at radius 3 is 2.62 bits per heavy atom. The van der Waals surface area contributed by atoms with Gasteiger partial charge < -0.3 is 10.5 Å². The van der Waals surface area contributed by atoms with Gasteiger partial charge in [0.2, 0.25) is 0 Å². The van der Waals surface area contributed by atoms with Gasteiger partial charge in [-0.05, 0) is 42.4 Å². The van der Waals surface area contributed by atoms with Gasteiger partial charge in [-0.1, -0.05) is 13.0 Å². The average Bonchev–Trinajstić information content (AvgIpc) is 3.11. The zero-order chi connectivity index (χ0) is 11.7. The van der Waals surface area contributed by atoms with Gasteiger partial charge in [-0.2, -0.15) is 0 Å². The van der Waals surface area contributed by atoms with Crippen LogP contribution >= 0.6 is 0 Å².